The fraction of sp³-hybridized carbons (Fsp3) is 1.00. The summed E-state index contributed by atoms with van der Waals surface area (Å²) in [6.07, 6.45) is 4.45. The van der Waals surface area contributed by atoms with Crippen LogP contribution in [-0.4, -0.2) is 36.1 Å². The van der Waals surface area contributed by atoms with Crippen LogP contribution in [0.5, 0.6) is 0 Å². The third-order valence-corrected chi connectivity index (χ3v) is 4.54. The summed E-state index contributed by atoms with van der Waals surface area (Å²) in [6, 6.07) is 0. The van der Waals surface area contributed by atoms with Gasteiger partial charge in [-0.1, -0.05) is 0 Å². The van der Waals surface area contributed by atoms with Gasteiger partial charge >= 0.3 is 91.9 Å². The monoisotopic (exact) mass is 296 g/mol. The van der Waals surface area contributed by atoms with Crippen LogP contribution < -0.4 is 21.6 Å². The van der Waals surface area contributed by atoms with Crippen LogP contribution in [0.25, 0.3) is 0 Å². The molecular weight excluding hydrogens is 277 g/mol. The van der Waals surface area contributed by atoms with Gasteiger partial charge in [-0.05, 0) is 0 Å². The molecule has 0 aromatic heterocycles. The molecule has 2 aliphatic rings. The van der Waals surface area contributed by atoms with Gasteiger partial charge in [-0.3, -0.25) is 0 Å². The van der Waals surface area contributed by atoms with E-state index in [2.05, 4.69) is 9.83 Å². The Hall–Kier alpha value is 0.650. The fourth-order valence-corrected chi connectivity index (χ4v) is 3.11. The first kappa shape index (κ1) is 10.2. The number of alkyl halides is 1. The molecule has 0 bridgehead atoms. The summed E-state index contributed by atoms with van der Waals surface area (Å²) < 4.78 is 5.48. The fourth-order valence-electron chi connectivity index (χ4n) is 2.47. The molecule has 1 aliphatic heterocycles. The van der Waals surface area contributed by atoms with Crippen molar-refractivity contribution in [1.29, 1.82) is 0 Å². The Labute approximate surface area is 91.8 Å². The number of piperidine rings is 1. The van der Waals surface area contributed by atoms with Crippen molar-refractivity contribution in [2.75, 3.05) is 31.2 Å². The molecule has 1 aliphatic carbocycles. The molecule has 0 aromatic carbocycles. The molecule has 0 aromatic rings. The maximum absolute atomic E-state index is 5.48. The van der Waals surface area contributed by atoms with Crippen LogP contribution in [0.15, 0.2) is 0 Å². The molecule has 3 heteroatoms. The standard InChI is InChI=1S/C10H19INO/c1-11-13-7-6-12-5-4-9-2-3-10(9)8-12/h9-10H,2-8H2,1H3/q-1/t9-,10+/m1/s1. The van der Waals surface area contributed by atoms with E-state index in [1.54, 1.807) is 0 Å². The first-order chi connectivity index (χ1) is 6.40. The zero-order valence-electron chi connectivity index (χ0n) is 8.34. The minimum atomic E-state index is 0.0454. The first-order valence-corrected chi connectivity index (χ1v) is 8.27. The van der Waals surface area contributed by atoms with Gasteiger partial charge in [-0.15, -0.1) is 0 Å². The third-order valence-electron chi connectivity index (χ3n) is 3.48. The number of likely N-dealkylation sites (tertiary alicyclic amines) is 1. The van der Waals surface area contributed by atoms with E-state index in [9.17, 15) is 0 Å². The summed E-state index contributed by atoms with van der Waals surface area (Å²) in [4.78, 5) is 4.77. The van der Waals surface area contributed by atoms with Crippen LogP contribution >= 0.6 is 0 Å². The second-order valence-electron chi connectivity index (χ2n) is 4.15. The normalized spacial score (nSPS) is 34.2. The van der Waals surface area contributed by atoms with Crippen molar-refractivity contribution in [1.82, 2.24) is 4.90 Å². The molecule has 1 saturated carbocycles. The van der Waals surface area contributed by atoms with Crippen LogP contribution in [-0.2, 0) is 3.07 Å². The summed E-state index contributed by atoms with van der Waals surface area (Å²) in [6.45, 7) is 4.83. The molecule has 0 unspecified atom stereocenters. The molecule has 0 N–H and O–H groups in total. The molecule has 78 valence electrons. The van der Waals surface area contributed by atoms with E-state index in [0.29, 0.717) is 0 Å². The quantitative estimate of drug-likeness (QED) is 0.351. The van der Waals surface area contributed by atoms with Crippen LogP contribution in [0.2, 0.25) is 0 Å². The zero-order valence-corrected chi connectivity index (χ0v) is 10.5. The Morgan fingerprint density at radius 1 is 1.31 bits per heavy atom. The number of fused-ring (bicyclic) bond motifs is 1. The van der Waals surface area contributed by atoms with Crippen molar-refractivity contribution in [3.63, 3.8) is 0 Å². The molecule has 0 spiro atoms. The predicted octanol–water partition coefficient (Wildman–Crippen LogP) is -1.63. The van der Waals surface area contributed by atoms with Gasteiger partial charge in [0.2, 0.25) is 0 Å². The Morgan fingerprint density at radius 2 is 2.15 bits per heavy atom. The third kappa shape index (κ3) is 2.57. The topological polar surface area (TPSA) is 12.5 Å². The van der Waals surface area contributed by atoms with Crippen molar-refractivity contribution in [2.45, 2.75) is 19.3 Å². The van der Waals surface area contributed by atoms with E-state index in [4.69, 9.17) is 3.07 Å². The van der Waals surface area contributed by atoms with E-state index >= 15 is 0 Å². The van der Waals surface area contributed by atoms with E-state index in [0.717, 1.165) is 18.4 Å². The maximum atomic E-state index is 5.48. The SMILES string of the molecule is C[I-]OCCN1CC[C@H]2CC[C@H]2C1. The second-order valence-corrected chi connectivity index (χ2v) is 5.66. The number of hydrogen-bond donors (Lipinski definition) is 0. The van der Waals surface area contributed by atoms with Gasteiger partial charge in [-0.2, -0.15) is 0 Å². The Bertz CT molecular complexity index is 165. The molecule has 13 heavy (non-hydrogen) atoms. The number of nitrogens with zero attached hydrogens (tertiary/aromatic N) is 1. The van der Waals surface area contributed by atoms with Gasteiger partial charge in [0.05, 0.1) is 0 Å². The minimum absolute atomic E-state index is 0.0454. The van der Waals surface area contributed by atoms with Crippen molar-refractivity contribution in [3.8, 4) is 0 Å². The van der Waals surface area contributed by atoms with E-state index in [-0.39, 0.29) is 21.6 Å². The van der Waals surface area contributed by atoms with Crippen molar-refractivity contribution < 1.29 is 24.7 Å². The number of halogens is 1. The summed E-state index contributed by atoms with van der Waals surface area (Å²) in [5, 5.41) is 0. The molecule has 2 nitrogen and oxygen atoms in total. The summed E-state index contributed by atoms with van der Waals surface area (Å²) in [7, 11) is 0. The van der Waals surface area contributed by atoms with Gasteiger partial charge < -0.3 is 0 Å². The Kier molecular flexibility index (Phi) is 3.86. The average Bonchev–Trinajstić information content (AvgIpc) is 2.10. The van der Waals surface area contributed by atoms with Crippen molar-refractivity contribution >= 4 is 0 Å². The van der Waals surface area contributed by atoms with E-state index < -0.39 is 0 Å². The molecule has 1 saturated heterocycles. The predicted molar refractivity (Wildman–Crippen MR) is 49.1 cm³/mol. The average molecular weight is 296 g/mol. The molecule has 0 amide bonds. The molecule has 1 heterocycles. The van der Waals surface area contributed by atoms with Gasteiger partial charge in [0.15, 0.2) is 0 Å². The van der Waals surface area contributed by atoms with Crippen molar-refractivity contribution in [3.05, 3.63) is 0 Å². The molecular formula is C10H19INO-. The van der Waals surface area contributed by atoms with Crippen LogP contribution in [0.1, 0.15) is 19.3 Å². The first-order valence-electron chi connectivity index (χ1n) is 5.24. The zero-order chi connectivity index (χ0) is 9.10. The summed E-state index contributed by atoms with van der Waals surface area (Å²) in [5.41, 5.74) is 0. The van der Waals surface area contributed by atoms with Crippen LogP contribution in [0.3, 0.4) is 0 Å². The number of hydrogen-bond acceptors (Lipinski definition) is 2. The molecule has 2 atom stereocenters. The number of rotatable bonds is 4. The van der Waals surface area contributed by atoms with E-state index in [1.165, 1.54) is 38.9 Å². The molecule has 2 fully saturated rings. The van der Waals surface area contributed by atoms with Gasteiger partial charge in [0.25, 0.3) is 0 Å². The van der Waals surface area contributed by atoms with Gasteiger partial charge in [0.1, 0.15) is 0 Å². The Balaban J connectivity index is 1.64. The van der Waals surface area contributed by atoms with Crippen LogP contribution in [0.4, 0.5) is 0 Å². The Morgan fingerprint density at radius 3 is 2.77 bits per heavy atom. The summed E-state index contributed by atoms with van der Waals surface area (Å²) >= 11 is 0.0454. The molecule has 2 rings (SSSR count). The van der Waals surface area contributed by atoms with Gasteiger partial charge in [0, 0.05) is 0 Å². The molecule has 0 radical (unpaired) electrons. The van der Waals surface area contributed by atoms with Crippen LogP contribution in [0, 0.1) is 11.8 Å². The van der Waals surface area contributed by atoms with E-state index in [1.807, 2.05) is 0 Å². The van der Waals surface area contributed by atoms with Gasteiger partial charge in [-0.25, -0.2) is 0 Å². The summed E-state index contributed by atoms with van der Waals surface area (Å²) in [5.74, 6) is 2.14. The van der Waals surface area contributed by atoms with Crippen molar-refractivity contribution in [2.24, 2.45) is 11.8 Å². The second kappa shape index (κ2) is 4.94.